The summed E-state index contributed by atoms with van der Waals surface area (Å²) in [6.07, 6.45) is 2.99. The van der Waals surface area contributed by atoms with E-state index in [1.165, 1.54) is 5.56 Å². The molecule has 0 saturated heterocycles. The zero-order chi connectivity index (χ0) is 12.3. The Morgan fingerprint density at radius 3 is 2.82 bits per heavy atom. The molecule has 2 N–H and O–H groups in total. The van der Waals surface area contributed by atoms with Gasteiger partial charge in [0.15, 0.2) is 0 Å². The Bertz CT molecular complexity index is 374. The molecule has 0 spiro atoms. The topological polar surface area (TPSA) is 41.5 Å². The van der Waals surface area contributed by atoms with Crippen molar-refractivity contribution < 1.29 is 9.84 Å². The van der Waals surface area contributed by atoms with E-state index in [9.17, 15) is 5.11 Å². The van der Waals surface area contributed by atoms with Gasteiger partial charge < -0.3 is 15.2 Å². The third-order valence-electron chi connectivity index (χ3n) is 3.62. The quantitative estimate of drug-likeness (QED) is 0.822. The summed E-state index contributed by atoms with van der Waals surface area (Å²) in [7, 11) is 1.67. The molecule has 1 aliphatic carbocycles. The van der Waals surface area contributed by atoms with Gasteiger partial charge in [0, 0.05) is 12.6 Å². The summed E-state index contributed by atoms with van der Waals surface area (Å²) in [5.41, 5.74) is 0.722. The summed E-state index contributed by atoms with van der Waals surface area (Å²) in [5.74, 6) is 0.874. The molecule has 1 unspecified atom stereocenters. The van der Waals surface area contributed by atoms with Crippen molar-refractivity contribution in [3.05, 3.63) is 29.8 Å². The molecule has 0 heterocycles. The van der Waals surface area contributed by atoms with Crippen LogP contribution in [0.1, 0.15) is 37.8 Å². The number of ether oxygens (including phenoxy) is 1. The number of hydrogen-bond acceptors (Lipinski definition) is 3. The minimum absolute atomic E-state index is 0.231. The Hall–Kier alpha value is -1.06. The minimum atomic E-state index is -0.465. The fraction of sp³-hybridized carbons (Fsp3) is 0.571. The second-order valence-electron chi connectivity index (χ2n) is 4.96. The van der Waals surface area contributed by atoms with E-state index in [0.717, 1.165) is 25.0 Å². The Kier molecular flexibility index (Phi) is 3.69. The third-order valence-corrected chi connectivity index (χ3v) is 3.62. The van der Waals surface area contributed by atoms with Crippen LogP contribution in [-0.2, 0) is 0 Å². The Labute approximate surface area is 103 Å². The molecule has 0 amide bonds. The summed E-state index contributed by atoms with van der Waals surface area (Å²) < 4.78 is 5.21. The number of benzene rings is 1. The number of aliphatic hydroxyl groups is 1. The van der Waals surface area contributed by atoms with Crippen LogP contribution in [-0.4, -0.2) is 24.4 Å². The molecule has 1 saturated carbocycles. The van der Waals surface area contributed by atoms with Gasteiger partial charge in [0.1, 0.15) is 5.75 Å². The van der Waals surface area contributed by atoms with E-state index in [1.54, 1.807) is 7.11 Å². The standard InChI is InChI=1S/C14H21NO2/c1-11(15-10-14(16)7-4-8-14)12-5-3-6-13(9-12)17-2/h3,5-6,9,11,15-16H,4,7-8,10H2,1-2H3. The van der Waals surface area contributed by atoms with Crippen molar-refractivity contribution in [3.63, 3.8) is 0 Å². The number of rotatable bonds is 5. The Balaban J connectivity index is 1.91. The van der Waals surface area contributed by atoms with Crippen LogP contribution in [0.2, 0.25) is 0 Å². The van der Waals surface area contributed by atoms with E-state index >= 15 is 0 Å². The molecule has 17 heavy (non-hydrogen) atoms. The van der Waals surface area contributed by atoms with Crippen LogP contribution >= 0.6 is 0 Å². The first kappa shape index (κ1) is 12.4. The predicted molar refractivity (Wildman–Crippen MR) is 68.2 cm³/mol. The molecule has 1 aliphatic rings. The largest absolute Gasteiger partial charge is 0.497 e. The molecular formula is C14H21NO2. The van der Waals surface area contributed by atoms with Gasteiger partial charge >= 0.3 is 0 Å². The number of hydrogen-bond donors (Lipinski definition) is 2. The monoisotopic (exact) mass is 235 g/mol. The molecule has 3 nitrogen and oxygen atoms in total. The van der Waals surface area contributed by atoms with Crippen LogP contribution in [0.4, 0.5) is 0 Å². The van der Waals surface area contributed by atoms with E-state index < -0.39 is 5.60 Å². The maximum absolute atomic E-state index is 10.0. The molecule has 3 heteroatoms. The lowest BCUT2D eigenvalue weighted by Crippen LogP contribution is -2.46. The highest BCUT2D eigenvalue weighted by Gasteiger charge is 2.34. The van der Waals surface area contributed by atoms with Crippen molar-refractivity contribution in [1.29, 1.82) is 0 Å². The van der Waals surface area contributed by atoms with Gasteiger partial charge in [-0.3, -0.25) is 0 Å². The fourth-order valence-corrected chi connectivity index (χ4v) is 2.13. The van der Waals surface area contributed by atoms with Gasteiger partial charge in [0.05, 0.1) is 12.7 Å². The van der Waals surface area contributed by atoms with Crippen LogP contribution in [0.3, 0.4) is 0 Å². The van der Waals surface area contributed by atoms with Crippen molar-refractivity contribution in [2.24, 2.45) is 0 Å². The number of nitrogens with one attached hydrogen (secondary N) is 1. The van der Waals surface area contributed by atoms with Crippen molar-refractivity contribution in [3.8, 4) is 5.75 Å². The van der Waals surface area contributed by atoms with E-state index in [-0.39, 0.29) is 6.04 Å². The summed E-state index contributed by atoms with van der Waals surface area (Å²) >= 11 is 0. The van der Waals surface area contributed by atoms with Gasteiger partial charge in [-0.2, -0.15) is 0 Å². The SMILES string of the molecule is COc1cccc(C(C)NCC2(O)CCC2)c1. The molecule has 0 radical (unpaired) electrons. The van der Waals surface area contributed by atoms with Crippen molar-refractivity contribution in [2.75, 3.05) is 13.7 Å². The summed E-state index contributed by atoms with van der Waals surface area (Å²) in [5, 5.41) is 13.4. The van der Waals surface area contributed by atoms with E-state index in [2.05, 4.69) is 18.3 Å². The molecular weight excluding hydrogens is 214 g/mol. The predicted octanol–water partition coefficient (Wildman–Crippen LogP) is 2.26. The molecule has 94 valence electrons. The van der Waals surface area contributed by atoms with E-state index in [4.69, 9.17) is 4.74 Å². The van der Waals surface area contributed by atoms with E-state index in [0.29, 0.717) is 6.54 Å². The zero-order valence-electron chi connectivity index (χ0n) is 10.6. The van der Waals surface area contributed by atoms with Gasteiger partial charge in [-0.15, -0.1) is 0 Å². The minimum Gasteiger partial charge on any atom is -0.497 e. The van der Waals surface area contributed by atoms with Gasteiger partial charge in [-0.1, -0.05) is 12.1 Å². The van der Waals surface area contributed by atoms with Crippen LogP contribution < -0.4 is 10.1 Å². The summed E-state index contributed by atoms with van der Waals surface area (Å²) in [6, 6.07) is 8.27. The van der Waals surface area contributed by atoms with E-state index in [1.807, 2.05) is 18.2 Å². The highest BCUT2D eigenvalue weighted by atomic mass is 16.5. The lowest BCUT2D eigenvalue weighted by molar-refractivity contribution is -0.0329. The smallest absolute Gasteiger partial charge is 0.119 e. The highest BCUT2D eigenvalue weighted by Crippen LogP contribution is 2.31. The molecule has 0 aliphatic heterocycles. The van der Waals surface area contributed by atoms with Crippen LogP contribution in [0.5, 0.6) is 5.75 Å². The van der Waals surface area contributed by atoms with Gasteiger partial charge in [0.25, 0.3) is 0 Å². The molecule has 1 aromatic rings. The van der Waals surface area contributed by atoms with Crippen LogP contribution in [0, 0.1) is 0 Å². The molecule has 0 aromatic heterocycles. The number of methoxy groups -OCH3 is 1. The van der Waals surface area contributed by atoms with Crippen molar-refractivity contribution >= 4 is 0 Å². The first-order chi connectivity index (χ1) is 8.13. The average Bonchev–Trinajstić information content (AvgIpc) is 2.33. The van der Waals surface area contributed by atoms with Crippen molar-refractivity contribution in [1.82, 2.24) is 5.32 Å². The first-order valence-corrected chi connectivity index (χ1v) is 6.23. The maximum Gasteiger partial charge on any atom is 0.119 e. The lowest BCUT2D eigenvalue weighted by Gasteiger charge is -2.37. The highest BCUT2D eigenvalue weighted by molar-refractivity contribution is 5.30. The fourth-order valence-electron chi connectivity index (χ4n) is 2.13. The maximum atomic E-state index is 10.0. The van der Waals surface area contributed by atoms with Crippen molar-refractivity contribution in [2.45, 2.75) is 37.8 Å². The molecule has 2 rings (SSSR count). The normalized spacial score (nSPS) is 19.5. The molecule has 1 fully saturated rings. The second kappa shape index (κ2) is 5.07. The van der Waals surface area contributed by atoms with Gasteiger partial charge in [-0.05, 0) is 43.9 Å². The molecule has 1 aromatic carbocycles. The van der Waals surface area contributed by atoms with Gasteiger partial charge in [-0.25, -0.2) is 0 Å². The third kappa shape index (κ3) is 2.99. The zero-order valence-corrected chi connectivity index (χ0v) is 10.6. The van der Waals surface area contributed by atoms with Gasteiger partial charge in [0.2, 0.25) is 0 Å². The first-order valence-electron chi connectivity index (χ1n) is 6.23. The summed E-state index contributed by atoms with van der Waals surface area (Å²) in [6.45, 7) is 2.78. The van der Waals surface area contributed by atoms with Crippen LogP contribution in [0.25, 0.3) is 0 Å². The lowest BCUT2D eigenvalue weighted by atomic mass is 9.80. The van der Waals surface area contributed by atoms with Crippen LogP contribution in [0.15, 0.2) is 24.3 Å². The summed E-state index contributed by atoms with van der Waals surface area (Å²) in [4.78, 5) is 0. The average molecular weight is 235 g/mol. The molecule has 0 bridgehead atoms. The molecule has 1 atom stereocenters. The Morgan fingerprint density at radius 2 is 2.24 bits per heavy atom. The Morgan fingerprint density at radius 1 is 1.47 bits per heavy atom. The second-order valence-corrected chi connectivity index (χ2v) is 4.96.